The summed E-state index contributed by atoms with van der Waals surface area (Å²) in [6.45, 7) is 2.90. The molecule has 3 rings (SSSR count). The maximum atomic E-state index is 4.40. The number of fused-ring (bicyclic) bond motifs is 1. The summed E-state index contributed by atoms with van der Waals surface area (Å²) in [6, 6.07) is 10.1. The molecular formula is C12H14N4. The Labute approximate surface area is 94.3 Å². The minimum Gasteiger partial charge on any atom is -0.339 e. The maximum absolute atomic E-state index is 4.40. The van der Waals surface area contributed by atoms with Crippen LogP contribution in [0.3, 0.4) is 0 Å². The summed E-state index contributed by atoms with van der Waals surface area (Å²) in [5, 5.41) is 6.69. The number of aromatic nitrogens is 2. The van der Waals surface area contributed by atoms with Crippen LogP contribution in [0.1, 0.15) is 5.69 Å². The van der Waals surface area contributed by atoms with Crippen molar-refractivity contribution in [2.45, 2.75) is 13.1 Å². The van der Waals surface area contributed by atoms with Gasteiger partial charge in [0.05, 0.1) is 12.0 Å². The van der Waals surface area contributed by atoms with Gasteiger partial charge >= 0.3 is 0 Å². The number of para-hydroxylation sites is 1. The maximum Gasteiger partial charge on any atom is 0.153 e. The van der Waals surface area contributed by atoms with Crippen LogP contribution in [0.2, 0.25) is 0 Å². The molecule has 82 valence electrons. The van der Waals surface area contributed by atoms with Crippen LogP contribution in [0, 0.1) is 0 Å². The lowest BCUT2D eigenvalue weighted by molar-refractivity contribution is 0.517. The molecule has 1 aliphatic rings. The third kappa shape index (κ3) is 1.67. The van der Waals surface area contributed by atoms with Crippen LogP contribution in [0.4, 0.5) is 11.5 Å². The van der Waals surface area contributed by atoms with E-state index >= 15 is 0 Å². The van der Waals surface area contributed by atoms with Gasteiger partial charge in [-0.15, -0.1) is 0 Å². The van der Waals surface area contributed by atoms with Crippen LogP contribution >= 0.6 is 0 Å². The van der Waals surface area contributed by atoms with Gasteiger partial charge in [-0.3, -0.25) is 0 Å². The number of rotatable bonds is 2. The second-order valence-corrected chi connectivity index (χ2v) is 3.90. The van der Waals surface area contributed by atoms with Gasteiger partial charge < -0.3 is 15.2 Å². The number of imidazole rings is 1. The fourth-order valence-corrected chi connectivity index (χ4v) is 1.95. The molecule has 0 spiro atoms. The van der Waals surface area contributed by atoms with E-state index in [4.69, 9.17) is 0 Å². The highest BCUT2D eigenvalue weighted by atomic mass is 15.2. The molecule has 4 heteroatoms. The lowest BCUT2D eigenvalue weighted by Crippen LogP contribution is -2.27. The fraction of sp³-hybridized carbons (Fsp3) is 0.250. The van der Waals surface area contributed by atoms with Gasteiger partial charge in [0.25, 0.3) is 0 Å². The van der Waals surface area contributed by atoms with Crippen molar-refractivity contribution in [3.05, 3.63) is 42.4 Å². The first-order chi connectivity index (χ1) is 7.93. The number of nitrogens with zero attached hydrogens (tertiary/aromatic N) is 2. The molecule has 1 aromatic heterocycles. The largest absolute Gasteiger partial charge is 0.339 e. The van der Waals surface area contributed by atoms with E-state index in [1.165, 1.54) is 5.69 Å². The molecule has 0 aliphatic carbocycles. The third-order valence-corrected chi connectivity index (χ3v) is 2.80. The van der Waals surface area contributed by atoms with Gasteiger partial charge in [-0.1, -0.05) is 18.2 Å². The van der Waals surface area contributed by atoms with Crippen molar-refractivity contribution in [3.63, 3.8) is 0 Å². The van der Waals surface area contributed by atoms with E-state index in [0.29, 0.717) is 0 Å². The van der Waals surface area contributed by atoms with Crippen LogP contribution in [-0.2, 0) is 13.1 Å². The van der Waals surface area contributed by atoms with Crippen molar-refractivity contribution in [1.82, 2.24) is 14.9 Å². The van der Waals surface area contributed by atoms with Crippen molar-refractivity contribution in [2.75, 3.05) is 11.9 Å². The molecule has 0 bridgehead atoms. The van der Waals surface area contributed by atoms with Gasteiger partial charge in [-0.2, -0.15) is 0 Å². The molecule has 2 aromatic rings. The van der Waals surface area contributed by atoms with Gasteiger partial charge in [0.2, 0.25) is 0 Å². The molecule has 0 fully saturated rings. The zero-order valence-electron chi connectivity index (χ0n) is 8.98. The first-order valence-corrected chi connectivity index (χ1v) is 5.50. The molecule has 2 heterocycles. The van der Waals surface area contributed by atoms with Crippen LogP contribution in [0.15, 0.2) is 36.7 Å². The highest BCUT2D eigenvalue weighted by Gasteiger charge is 2.13. The third-order valence-electron chi connectivity index (χ3n) is 2.80. The van der Waals surface area contributed by atoms with Crippen molar-refractivity contribution < 1.29 is 0 Å². The molecule has 0 amide bonds. The molecule has 0 unspecified atom stereocenters. The second-order valence-electron chi connectivity index (χ2n) is 3.90. The highest BCUT2D eigenvalue weighted by Crippen LogP contribution is 2.20. The minimum absolute atomic E-state index is 0.884. The van der Waals surface area contributed by atoms with E-state index in [2.05, 4.69) is 20.2 Å². The Morgan fingerprint density at radius 3 is 3.00 bits per heavy atom. The van der Waals surface area contributed by atoms with Crippen LogP contribution in [0.5, 0.6) is 0 Å². The summed E-state index contributed by atoms with van der Waals surface area (Å²) >= 11 is 0. The van der Waals surface area contributed by atoms with Crippen molar-refractivity contribution >= 4 is 11.5 Å². The summed E-state index contributed by atoms with van der Waals surface area (Å²) < 4.78 is 2.20. The zero-order chi connectivity index (χ0) is 10.8. The molecular weight excluding hydrogens is 200 g/mol. The summed E-state index contributed by atoms with van der Waals surface area (Å²) in [6.07, 6.45) is 1.90. The summed E-state index contributed by atoms with van der Waals surface area (Å²) in [5.41, 5.74) is 2.31. The highest BCUT2D eigenvalue weighted by molar-refractivity contribution is 5.58. The Kier molecular flexibility index (Phi) is 2.34. The fourth-order valence-electron chi connectivity index (χ4n) is 1.95. The summed E-state index contributed by atoms with van der Waals surface area (Å²) in [7, 11) is 0. The smallest absolute Gasteiger partial charge is 0.153 e. The van der Waals surface area contributed by atoms with E-state index in [-0.39, 0.29) is 0 Å². The molecule has 4 nitrogen and oxygen atoms in total. The Bertz CT molecular complexity index is 475. The van der Waals surface area contributed by atoms with E-state index < -0.39 is 0 Å². The second kappa shape index (κ2) is 3.98. The molecule has 2 N–H and O–H groups in total. The zero-order valence-corrected chi connectivity index (χ0v) is 8.98. The molecule has 1 aliphatic heterocycles. The summed E-state index contributed by atoms with van der Waals surface area (Å²) in [5.74, 6) is 0.957. The van der Waals surface area contributed by atoms with E-state index in [1.807, 2.05) is 36.7 Å². The Hall–Kier alpha value is -1.81. The molecule has 0 atom stereocenters. The average molecular weight is 214 g/mol. The van der Waals surface area contributed by atoms with Gasteiger partial charge in [-0.25, -0.2) is 4.98 Å². The standard InChI is InChI=1S/C12H14N4/c1-2-4-10(5-3-1)15-12-11-8-13-6-7-16(11)9-14-12/h1-5,9,13,15H,6-8H2. The van der Waals surface area contributed by atoms with E-state index in [9.17, 15) is 0 Å². The number of benzene rings is 1. The number of hydrogen-bond donors (Lipinski definition) is 2. The lowest BCUT2D eigenvalue weighted by Gasteiger charge is -2.16. The first-order valence-electron chi connectivity index (χ1n) is 5.50. The van der Waals surface area contributed by atoms with Crippen molar-refractivity contribution in [3.8, 4) is 0 Å². The molecule has 16 heavy (non-hydrogen) atoms. The van der Waals surface area contributed by atoms with Crippen LogP contribution in [0.25, 0.3) is 0 Å². The van der Waals surface area contributed by atoms with Gasteiger partial charge in [0.1, 0.15) is 0 Å². The lowest BCUT2D eigenvalue weighted by atomic mass is 10.3. The normalized spacial score (nSPS) is 14.5. The number of hydrogen-bond acceptors (Lipinski definition) is 3. The predicted octanol–water partition coefficient (Wildman–Crippen LogP) is 1.73. The van der Waals surface area contributed by atoms with Crippen molar-refractivity contribution in [2.24, 2.45) is 0 Å². The van der Waals surface area contributed by atoms with Crippen molar-refractivity contribution in [1.29, 1.82) is 0 Å². The van der Waals surface area contributed by atoms with E-state index in [0.717, 1.165) is 31.1 Å². The van der Waals surface area contributed by atoms with E-state index in [1.54, 1.807) is 0 Å². The number of anilines is 2. The average Bonchev–Trinajstić information content (AvgIpc) is 2.74. The topological polar surface area (TPSA) is 41.9 Å². The molecule has 0 saturated heterocycles. The van der Waals surface area contributed by atoms with Gasteiger partial charge in [0, 0.05) is 25.3 Å². The molecule has 0 radical (unpaired) electrons. The minimum atomic E-state index is 0.884. The van der Waals surface area contributed by atoms with Crippen LogP contribution in [-0.4, -0.2) is 16.1 Å². The summed E-state index contributed by atoms with van der Waals surface area (Å²) in [4.78, 5) is 4.40. The monoisotopic (exact) mass is 214 g/mol. The first kappa shape index (κ1) is 9.42. The predicted molar refractivity (Wildman–Crippen MR) is 63.7 cm³/mol. The van der Waals surface area contributed by atoms with Gasteiger partial charge in [0.15, 0.2) is 5.82 Å². The SMILES string of the molecule is c1ccc(Nc2ncn3c2CNCC3)cc1. The Morgan fingerprint density at radius 1 is 1.25 bits per heavy atom. The Morgan fingerprint density at radius 2 is 2.12 bits per heavy atom. The number of nitrogens with one attached hydrogen (secondary N) is 2. The molecule has 0 saturated carbocycles. The molecule has 1 aromatic carbocycles. The van der Waals surface area contributed by atoms with Crippen LogP contribution < -0.4 is 10.6 Å². The quantitative estimate of drug-likeness (QED) is 0.800. The van der Waals surface area contributed by atoms with Gasteiger partial charge in [-0.05, 0) is 12.1 Å². The Balaban J connectivity index is 1.88.